The van der Waals surface area contributed by atoms with Crippen molar-refractivity contribution in [2.45, 2.75) is 6.92 Å². The Morgan fingerprint density at radius 3 is 2.53 bits per heavy atom. The zero-order valence-electron chi connectivity index (χ0n) is 9.63. The number of nitrogens with zero attached hydrogens (tertiary/aromatic N) is 1. The Kier molecular flexibility index (Phi) is 3.60. The molecule has 0 N–H and O–H groups in total. The molecule has 0 bridgehead atoms. The summed E-state index contributed by atoms with van der Waals surface area (Å²) in [5.74, 6) is 0.616. The number of benzene rings is 2. The van der Waals surface area contributed by atoms with E-state index < -0.39 is 0 Å². The van der Waals surface area contributed by atoms with Crippen molar-refractivity contribution in [2.24, 2.45) is 4.99 Å². The molecule has 17 heavy (non-hydrogen) atoms. The summed E-state index contributed by atoms with van der Waals surface area (Å²) in [4.78, 5) is 4.42. The van der Waals surface area contributed by atoms with Crippen molar-refractivity contribution >= 4 is 20.0 Å². The van der Waals surface area contributed by atoms with E-state index in [-0.39, 0.29) is 0 Å². The van der Waals surface area contributed by atoms with E-state index in [0.29, 0.717) is 5.75 Å². The van der Waals surface area contributed by atoms with Gasteiger partial charge in [0.05, 0.1) is 5.69 Å². The van der Waals surface area contributed by atoms with Crippen LogP contribution >= 0.6 is 0 Å². The predicted molar refractivity (Wildman–Crippen MR) is 71.3 cm³/mol. The fourth-order valence-corrected chi connectivity index (χ4v) is 1.54. The molecule has 0 fully saturated rings. The Morgan fingerprint density at radius 1 is 1.06 bits per heavy atom. The van der Waals surface area contributed by atoms with Gasteiger partial charge >= 0.3 is 8.05 Å². The van der Waals surface area contributed by atoms with Gasteiger partial charge in [-0.1, -0.05) is 30.3 Å². The summed E-state index contributed by atoms with van der Waals surface area (Å²) in [6.07, 6.45) is 1.75. The van der Waals surface area contributed by atoms with E-state index in [1.54, 1.807) is 12.3 Å². The quantitative estimate of drug-likeness (QED) is 0.576. The molecule has 0 spiro atoms. The Labute approximate surface area is 102 Å². The molecule has 3 heteroatoms. The lowest BCUT2D eigenvalue weighted by molar-refractivity contribution is 0.615. The molecule has 0 aliphatic rings. The standard InChI is InChI=1S/C14H12BNO/c1-11-6-2-4-8-13(11)16-10-12-7-3-5-9-14(12)17-15/h2-10H,1H3. The molecule has 0 saturated carbocycles. The molecular weight excluding hydrogens is 209 g/mol. The van der Waals surface area contributed by atoms with E-state index in [4.69, 9.17) is 12.7 Å². The lowest BCUT2D eigenvalue weighted by atomic mass is 10.2. The number of hydrogen-bond donors (Lipinski definition) is 0. The van der Waals surface area contributed by atoms with Crippen LogP contribution in [-0.2, 0) is 0 Å². The normalized spacial score (nSPS) is 10.6. The van der Waals surface area contributed by atoms with E-state index in [1.807, 2.05) is 49.4 Å². The third kappa shape index (κ3) is 2.75. The summed E-state index contributed by atoms with van der Waals surface area (Å²) in [6, 6.07) is 15.4. The molecular formula is C14H12BNO. The summed E-state index contributed by atoms with van der Waals surface area (Å²) in [5, 5.41) is 0. The van der Waals surface area contributed by atoms with Gasteiger partial charge in [-0.05, 0) is 30.7 Å². The largest absolute Gasteiger partial charge is 0.567 e. The zero-order chi connectivity index (χ0) is 12.1. The maximum Gasteiger partial charge on any atom is 0.374 e. The highest BCUT2D eigenvalue weighted by Gasteiger charge is 1.98. The first-order chi connectivity index (χ1) is 8.31. The molecule has 0 unspecified atom stereocenters. The van der Waals surface area contributed by atoms with Crippen molar-refractivity contribution in [1.82, 2.24) is 0 Å². The summed E-state index contributed by atoms with van der Waals surface area (Å²) in [7, 11) is 5.19. The number of para-hydroxylation sites is 2. The van der Waals surface area contributed by atoms with Crippen LogP contribution in [0.2, 0.25) is 0 Å². The number of aliphatic imine (C=N–C) groups is 1. The maximum absolute atomic E-state index is 5.19. The molecule has 2 aromatic rings. The summed E-state index contributed by atoms with van der Waals surface area (Å²) >= 11 is 0. The van der Waals surface area contributed by atoms with Gasteiger partial charge < -0.3 is 4.65 Å². The molecule has 2 nitrogen and oxygen atoms in total. The van der Waals surface area contributed by atoms with Crippen molar-refractivity contribution in [2.75, 3.05) is 0 Å². The van der Waals surface area contributed by atoms with E-state index in [1.165, 1.54) is 0 Å². The number of rotatable bonds is 3. The Balaban J connectivity index is 2.29. The van der Waals surface area contributed by atoms with Crippen molar-refractivity contribution < 1.29 is 4.65 Å². The van der Waals surface area contributed by atoms with E-state index >= 15 is 0 Å². The highest BCUT2D eigenvalue weighted by atomic mass is 16.4. The fraction of sp³-hybridized carbons (Fsp3) is 0.0714. The van der Waals surface area contributed by atoms with E-state index in [2.05, 4.69) is 4.99 Å². The lowest BCUT2D eigenvalue weighted by Crippen LogP contribution is -1.91. The summed E-state index contributed by atoms with van der Waals surface area (Å²) < 4.78 is 4.77. The molecule has 2 aromatic carbocycles. The van der Waals surface area contributed by atoms with Gasteiger partial charge in [-0.3, -0.25) is 4.99 Å². The van der Waals surface area contributed by atoms with Crippen LogP contribution in [0, 0.1) is 6.92 Å². The van der Waals surface area contributed by atoms with Crippen LogP contribution in [0.15, 0.2) is 53.5 Å². The Bertz CT molecular complexity index is 537. The van der Waals surface area contributed by atoms with Crippen molar-refractivity contribution in [3.05, 3.63) is 59.7 Å². The van der Waals surface area contributed by atoms with Crippen LogP contribution < -0.4 is 4.65 Å². The maximum atomic E-state index is 5.19. The third-order valence-corrected chi connectivity index (χ3v) is 2.50. The average Bonchev–Trinajstić information content (AvgIpc) is 2.38. The molecule has 0 amide bonds. The molecule has 0 aliphatic carbocycles. The van der Waals surface area contributed by atoms with Gasteiger partial charge in [0.1, 0.15) is 5.75 Å². The highest BCUT2D eigenvalue weighted by Crippen LogP contribution is 2.19. The van der Waals surface area contributed by atoms with Gasteiger partial charge in [0.25, 0.3) is 0 Å². The average molecular weight is 221 g/mol. The third-order valence-electron chi connectivity index (χ3n) is 2.50. The van der Waals surface area contributed by atoms with Crippen LogP contribution in [0.3, 0.4) is 0 Å². The minimum atomic E-state index is 0.616. The van der Waals surface area contributed by atoms with E-state index in [9.17, 15) is 0 Å². The van der Waals surface area contributed by atoms with Gasteiger partial charge in [-0.15, -0.1) is 0 Å². The smallest absolute Gasteiger partial charge is 0.374 e. The van der Waals surface area contributed by atoms with Crippen molar-refractivity contribution in [3.63, 3.8) is 0 Å². The Morgan fingerprint density at radius 2 is 1.76 bits per heavy atom. The summed E-state index contributed by atoms with van der Waals surface area (Å²) in [5.41, 5.74) is 2.94. The van der Waals surface area contributed by atoms with Gasteiger partial charge in [0.15, 0.2) is 0 Å². The molecule has 0 aliphatic heterocycles. The molecule has 0 aromatic heterocycles. The van der Waals surface area contributed by atoms with E-state index in [0.717, 1.165) is 16.8 Å². The summed E-state index contributed by atoms with van der Waals surface area (Å²) in [6.45, 7) is 2.03. The molecule has 2 rings (SSSR count). The first-order valence-corrected chi connectivity index (χ1v) is 5.37. The molecule has 0 heterocycles. The first kappa shape index (κ1) is 11.5. The van der Waals surface area contributed by atoms with Gasteiger partial charge in [0.2, 0.25) is 0 Å². The zero-order valence-corrected chi connectivity index (χ0v) is 9.63. The van der Waals surface area contributed by atoms with Gasteiger partial charge in [0, 0.05) is 11.8 Å². The lowest BCUT2D eigenvalue weighted by Gasteiger charge is -2.04. The second-order valence-corrected chi connectivity index (χ2v) is 3.70. The van der Waals surface area contributed by atoms with Crippen molar-refractivity contribution in [1.29, 1.82) is 0 Å². The van der Waals surface area contributed by atoms with Gasteiger partial charge in [-0.25, -0.2) is 0 Å². The molecule has 2 radical (unpaired) electrons. The van der Waals surface area contributed by atoms with Gasteiger partial charge in [-0.2, -0.15) is 0 Å². The number of aryl methyl sites for hydroxylation is 1. The molecule has 82 valence electrons. The molecule has 0 saturated heterocycles. The minimum Gasteiger partial charge on any atom is -0.567 e. The second-order valence-electron chi connectivity index (χ2n) is 3.70. The van der Waals surface area contributed by atoms with Crippen LogP contribution in [0.1, 0.15) is 11.1 Å². The monoisotopic (exact) mass is 221 g/mol. The van der Waals surface area contributed by atoms with Crippen LogP contribution in [0.4, 0.5) is 5.69 Å². The Hall–Kier alpha value is -2.03. The highest BCUT2D eigenvalue weighted by molar-refractivity contribution is 6.01. The minimum absolute atomic E-state index is 0.616. The molecule has 0 atom stereocenters. The SMILES string of the molecule is [B]Oc1ccccc1C=Nc1ccccc1C. The van der Waals surface area contributed by atoms with Crippen LogP contribution in [0.25, 0.3) is 0 Å². The van der Waals surface area contributed by atoms with Crippen LogP contribution in [0.5, 0.6) is 5.75 Å². The predicted octanol–water partition coefficient (Wildman–Crippen LogP) is 3.21. The topological polar surface area (TPSA) is 21.6 Å². The second kappa shape index (κ2) is 5.35. The fourth-order valence-electron chi connectivity index (χ4n) is 1.54. The van der Waals surface area contributed by atoms with Crippen molar-refractivity contribution in [3.8, 4) is 5.75 Å². The first-order valence-electron chi connectivity index (χ1n) is 5.37. The van der Waals surface area contributed by atoms with Crippen LogP contribution in [-0.4, -0.2) is 14.3 Å². The number of hydrogen-bond acceptors (Lipinski definition) is 2.